The van der Waals surface area contributed by atoms with Crippen molar-refractivity contribution in [2.24, 2.45) is 5.10 Å². The van der Waals surface area contributed by atoms with Gasteiger partial charge in [-0.1, -0.05) is 35.9 Å². The van der Waals surface area contributed by atoms with E-state index in [1.807, 2.05) is 0 Å². The lowest BCUT2D eigenvalue weighted by atomic mass is 10.0. The molecule has 0 aliphatic carbocycles. The van der Waals surface area contributed by atoms with Gasteiger partial charge in [0.15, 0.2) is 11.5 Å². The molecule has 0 saturated heterocycles. The van der Waals surface area contributed by atoms with Crippen LogP contribution in [0.15, 0.2) is 84.0 Å². The maximum atomic E-state index is 13.5. The molecule has 236 valence electrons. The number of halogens is 4. The van der Waals surface area contributed by atoms with E-state index >= 15 is 0 Å². The van der Waals surface area contributed by atoms with Gasteiger partial charge in [0.25, 0.3) is 5.91 Å². The molecule has 0 radical (unpaired) electrons. The Morgan fingerprint density at radius 2 is 1.54 bits per heavy atom. The van der Waals surface area contributed by atoms with Crippen LogP contribution in [0.2, 0.25) is 5.02 Å². The van der Waals surface area contributed by atoms with Gasteiger partial charge in [-0.2, -0.15) is 18.3 Å². The highest BCUT2D eigenvalue weighted by Gasteiger charge is 2.31. The van der Waals surface area contributed by atoms with E-state index in [1.54, 1.807) is 36.4 Å². The number of hydrogen-bond acceptors (Lipinski definition) is 7. The number of benzene rings is 4. The largest absolute Gasteiger partial charge is 0.496 e. The predicted octanol–water partition coefficient (Wildman–Crippen LogP) is 7.52. The average Bonchev–Trinajstić information content (AvgIpc) is 3.45. The number of aromatic nitrogens is 1. The highest BCUT2D eigenvalue weighted by molar-refractivity contribution is 6.34. The Hall–Kier alpha value is -5.49. The summed E-state index contributed by atoms with van der Waals surface area (Å²) >= 11 is 6.54. The molecule has 1 amide bonds. The van der Waals surface area contributed by atoms with Crippen LogP contribution in [-0.2, 0) is 6.18 Å². The molecular weight excluding hydrogens is 627 g/mol. The quantitative estimate of drug-likeness (QED) is 0.0738. The second-order valence-corrected chi connectivity index (χ2v) is 10.1. The first-order valence-corrected chi connectivity index (χ1v) is 13.9. The van der Waals surface area contributed by atoms with E-state index in [-0.39, 0.29) is 22.8 Å². The molecule has 0 fully saturated rings. The number of H-pyrrole nitrogens is 1. The molecule has 0 unspecified atom stereocenters. The number of carbonyl (C=O) groups is 2. The van der Waals surface area contributed by atoms with Gasteiger partial charge in [0.2, 0.25) is 0 Å². The second-order valence-electron chi connectivity index (χ2n) is 9.65. The Morgan fingerprint density at radius 3 is 2.24 bits per heavy atom. The second kappa shape index (κ2) is 13.2. The summed E-state index contributed by atoms with van der Waals surface area (Å²) in [6.45, 7) is 0. The normalized spacial score (nSPS) is 11.5. The minimum absolute atomic E-state index is 0.0311. The topological polar surface area (TPSA) is 111 Å². The number of methoxy groups -OCH3 is 3. The molecule has 0 bridgehead atoms. The summed E-state index contributed by atoms with van der Waals surface area (Å²) in [4.78, 5) is 29.2. The van der Waals surface area contributed by atoms with Crippen LogP contribution in [0.4, 0.5) is 13.2 Å². The van der Waals surface area contributed by atoms with Crippen molar-refractivity contribution >= 4 is 40.6 Å². The fourth-order valence-corrected chi connectivity index (χ4v) is 4.97. The van der Waals surface area contributed by atoms with Gasteiger partial charge >= 0.3 is 12.1 Å². The fourth-order valence-electron chi connectivity index (χ4n) is 4.74. The molecule has 5 aromatic rings. The Kier molecular flexibility index (Phi) is 9.19. The van der Waals surface area contributed by atoms with E-state index in [9.17, 15) is 22.8 Å². The lowest BCUT2D eigenvalue weighted by molar-refractivity contribution is -0.137. The van der Waals surface area contributed by atoms with Crippen molar-refractivity contribution in [3.05, 3.63) is 106 Å². The van der Waals surface area contributed by atoms with Crippen LogP contribution in [0.1, 0.15) is 32.0 Å². The number of carbonyl (C=O) groups excluding carboxylic acids is 2. The van der Waals surface area contributed by atoms with E-state index in [2.05, 4.69) is 15.5 Å². The van der Waals surface area contributed by atoms with Crippen molar-refractivity contribution < 1.29 is 41.7 Å². The summed E-state index contributed by atoms with van der Waals surface area (Å²) < 4.78 is 60.9. The summed E-state index contributed by atoms with van der Waals surface area (Å²) in [7, 11) is 4.35. The predicted molar refractivity (Wildman–Crippen MR) is 166 cm³/mol. The van der Waals surface area contributed by atoms with Crippen molar-refractivity contribution in [1.29, 1.82) is 0 Å². The number of fused-ring (bicyclic) bond motifs is 1. The zero-order chi connectivity index (χ0) is 33.0. The number of amides is 1. The first-order valence-electron chi connectivity index (χ1n) is 13.5. The number of nitrogens with zero attached hydrogens (tertiary/aromatic N) is 1. The molecule has 4 aromatic carbocycles. The Morgan fingerprint density at radius 1 is 0.848 bits per heavy atom. The molecule has 5 rings (SSSR count). The number of aromatic amines is 1. The number of nitrogens with one attached hydrogen (secondary N) is 2. The summed E-state index contributed by atoms with van der Waals surface area (Å²) in [6, 6.07) is 18.7. The molecule has 9 nitrogen and oxygen atoms in total. The highest BCUT2D eigenvalue weighted by Crippen LogP contribution is 2.44. The molecule has 0 aliphatic rings. The first kappa shape index (κ1) is 31.9. The molecule has 0 spiro atoms. The summed E-state index contributed by atoms with van der Waals surface area (Å²) in [6.07, 6.45) is -3.29. The van der Waals surface area contributed by atoms with Crippen LogP contribution in [0.5, 0.6) is 23.0 Å². The molecular formula is C33H25ClF3N3O6. The van der Waals surface area contributed by atoms with Gasteiger partial charge in [-0.25, -0.2) is 10.2 Å². The Balaban J connectivity index is 1.40. The SMILES string of the molecule is COc1cc(C=NNC(=O)c2[nH]c3c(OC)ccc(OC)c3c2-c2ccccc2Cl)ccc1OC(=O)c1cccc(C(F)(F)F)c1. The number of hydrazone groups is 1. The van der Waals surface area contributed by atoms with Gasteiger partial charge in [0.05, 0.1) is 49.6 Å². The zero-order valence-electron chi connectivity index (χ0n) is 24.5. The lowest BCUT2D eigenvalue weighted by Gasteiger charge is -2.11. The summed E-state index contributed by atoms with van der Waals surface area (Å²) in [5, 5.41) is 5.06. The maximum Gasteiger partial charge on any atom is 0.416 e. The molecule has 46 heavy (non-hydrogen) atoms. The molecule has 13 heteroatoms. The van der Waals surface area contributed by atoms with E-state index in [0.717, 1.165) is 12.1 Å². The third-order valence-electron chi connectivity index (χ3n) is 6.88. The smallest absolute Gasteiger partial charge is 0.416 e. The van der Waals surface area contributed by atoms with Crippen molar-refractivity contribution in [2.45, 2.75) is 6.18 Å². The zero-order valence-corrected chi connectivity index (χ0v) is 25.2. The van der Waals surface area contributed by atoms with Crippen molar-refractivity contribution in [3.8, 4) is 34.1 Å². The van der Waals surface area contributed by atoms with Crippen LogP contribution in [0, 0.1) is 0 Å². The highest BCUT2D eigenvalue weighted by atomic mass is 35.5. The fraction of sp³-hybridized carbons (Fsp3) is 0.121. The lowest BCUT2D eigenvalue weighted by Crippen LogP contribution is -2.19. The van der Waals surface area contributed by atoms with Gasteiger partial charge in [-0.3, -0.25) is 4.79 Å². The summed E-state index contributed by atoms with van der Waals surface area (Å²) in [5.74, 6) is -0.551. The third-order valence-corrected chi connectivity index (χ3v) is 7.21. The van der Waals surface area contributed by atoms with Crippen LogP contribution in [0.3, 0.4) is 0 Å². The minimum atomic E-state index is -4.62. The monoisotopic (exact) mass is 651 g/mol. The standard InChI is InChI=1S/C33H25ClF3N3O6/c1-43-24-13-14-25(44-2)29-28(24)27(21-9-4-5-10-22(21)34)30(39-29)31(41)40-38-17-18-11-12-23(26(15-18)45-3)46-32(42)19-7-6-8-20(16-19)33(35,36)37/h4-17,39H,1-3H3,(H,40,41). The summed E-state index contributed by atoms with van der Waals surface area (Å²) in [5.41, 5.74) is 3.41. The van der Waals surface area contributed by atoms with E-state index < -0.39 is 23.6 Å². The number of alkyl halides is 3. The van der Waals surface area contributed by atoms with Crippen LogP contribution in [0.25, 0.3) is 22.0 Å². The van der Waals surface area contributed by atoms with E-state index in [0.29, 0.717) is 50.2 Å². The van der Waals surface area contributed by atoms with E-state index in [4.69, 9.17) is 30.5 Å². The number of ether oxygens (including phenoxy) is 4. The molecule has 0 atom stereocenters. The molecule has 1 heterocycles. The minimum Gasteiger partial charge on any atom is -0.496 e. The Labute approximate surface area is 265 Å². The molecule has 0 saturated carbocycles. The van der Waals surface area contributed by atoms with Crippen LogP contribution in [-0.4, -0.2) is 44.4 Å². The van der Waals surface area contributed by atoms with Crippen LogP contribution >= 0.6 is 11.6 Å². The maximum absolute atomic E-state index is 13.5. The number of hydrogen-bond donors (Lipinski definition) is 2. The molecule has 0 aliphatic heterocycles. The van der Waals surface area contributed by atoms with Crippen molar-refractivity contribution in [3.63, 3.8) is 0 Å². The van der Waals surface area contributed by atoms with Gasteiger partial charge in [0.1, 0.15) is 17.2 Å². The van der Waals surface area contributed by atoms with Gasteiger partial charge in [-0.15, -0.1) is 0 Å². The third kappa shape index (κ3) is 6.47. The molecule has 2 N–H and O–H groups in total. The Bertz CT molecular complexity index is 1970. The van der Waals surface area contributed by atoms with Gasteiger partial charge in [-0.05, 0) is 60.2 Å². The van der Waals surface area contributed by atoms with E-state index in [1.165, 1.54) is 51.8 Å². The van der Waals surface area contributed by atoms with Crippen LogP contribution < -0.4 is 24.4 Å². The van der Waals surface area contributed by atoms with Gasteiger partial charge in [0, 0.05) is 16.1 Å². The van der Waals surface area contributed by atoms with Crippen molar-refractivity contribution in [1.82, 2.24) is 10.4 Å². The number of rotatable bonds is 9. The van der Waals surface area contributed by atoms with Gasteiger partial charge < -0.3 is 23.9 Å². The molecule has 1 aromatic heterocycles. The average molecular weight is 652 g/mol. The number of esters is 1. The van der Waals surface area contributed by atoms with Crippen molar-refractivity contribution in [2.75, 3.05) is 21.3 Å². The first-order chi connectivity index (χ1) is 22.0.